The van der Waals surface area contributed by atoms with E-state index < -0.39 is 0 Å². The fourth-order valence-electron chi connectivity index (χ4n) is 1.06. The van der Waals surface area contributed by atoms with Gasteiger partial charge in [0.25, 0.3) is 0 Å². The van der Waals surface area contributed by atoms with E-state index in [2.05, 4.69) is 6.92 Å². The zero-order valence-electron chi connectivity index (χ0n) is 8.58. The van der Waals surface area contributed by atoms with E-state index >= 15 is 0 Å². The summed E-state index contributed by atoms with van der Waals surface area (Å²) in [4.78, 5) is 0. The second-order valence-corrected chi connectivity index (χ2v) is 2.81. The molecule has 0 amide bonds. The van der Waals surface area contributed by atoms with Crippen LogP contribution in [-0.4, -0.2) is 27.4 Å². The van der Waals surface area contributed by atoms with Gasteiger partial charge in [0.2, 0.25) is 0 Å². The molecule has 0 saturated heterocycles. The van der Waals surface area contributed by atoms with Gasteiger partial charge in [-0.3, -0.25) is 0 Å². The van der Waals surface area contributed by atoms with E-state index in [1.165, 1.54) is 0 Å². The Morgan fingerprint density at radius 2 is 2.00 bits per heavy atom. The fraction of sp³-hybridized carbons (Fsp3) is 0.364. The number of rotatable bonds is 5. The van der Waals surface area contributed by atoms with Crippen molar-refractivity contribution in [2.45, 2.75) is 0 Å². The van der Waals surface area contributed by atoms with Crippen LogP contribution in [0, 0.1) is 6.92 Å². The van der Waals surface area contributed by atoms with Crippen molar-refractivity contribution in [1.29, 1.82) is 0 Å². The minimum Gasteiger partial charge on any atom is -0.496 e. The molecule has 0 saturated carbocycles. The first-order chi connectivity index (χ1) is 6.77. The maximum atomic E-state index is 5.41. The van der Waals surface area contributed by atoms with Gasteiger partial charge >= 0.3 is 0 Å². The van der Waals surface area contributed by atoms with Crippen LogP contribution in [0.3, 0.4) is 0 Å². The highest BCUT2D eigenvalue weighted by Gasteiger charge is 2.00. The molecular weight excluding hydrogens is 180 g/mol. The summed E-state index contributed by atoms with van der Waals surface area (Å²) >= 11 is 0. The van der Waals surface area contributed by atoms with Crippen molar-refractivity contribution < 1.29 is 14.2 Å². The average molecular weight is 195 g/mol. The molecule has 0 aliphatic heterocycles. The van der Waals surface area contributed by atoms with E-state index in [1.54, 1.807) is 14.2 Å². The standard InChI is InChI=1S/C11H15O3/c1-9-4-5-10(8-11(9)13-3)14-7-6-12-2/h4-5,8H,1,6-7H2,2-3H3. The lowest BCUT2D eigenvalue weighted by Crippen LogP contribution is -2.04. The fourth-order valence-corrected chi connectivity index (χ4v) is 1.06. The first-order valence-electron chi connectivity index (χ1n) is 4.39. The van der Waals surface area contributed by atoms with E-state index in [0.717, 1.165) is 17.1 Å². The van der Waals surface area contributed by atoms with E-state index in [9.17, 15) is 0 Å². The summed E-state index contributed by atoms with van der Waals surface area (Å²) in [7, 11) is 3.26. The van der Waals surface area contributed by atoms with Gasteiger partial charge in [-0.25, -0.2) is 0 Å². The number of hydrogen-bond donors (Lipinski definition) is 0. The first-order valence-corrected chi connectivity index (χ1v) is 4.39. The third-order valence-corrected chi connectivity index (χ3v) is 1.81. The summed E-state index contributed by atoms with van der Waals surface area (Å²) in [6.07, 6.45) is 0. The molecule has 0 spiro atoms. The first kappa shape index (κ1) is 10.9. The predicted molar refractivity (Wildman–Crippen MR) is 54.8 cm³/mol. The van der Waals surface area contributed by atoms with Crippen molar-refractivity contribution in [3.63, 3.8) is 0 Å². The molecule has 3 nitrogen and oxygen atoms in total. The van der Waals surface area contributed by atoms with Gasteiger partial charge in [-0.1, -0.05) is 6.07 Å². The Labute approximate surface area is 84.6 Å². The molecule has 0 heterocycles. The van der Waals surface area contributed by atoms with Crippen LogP contribution < -0.4 is 9.47 Å². The minimum atomic E-state index is 0.538. The Kier molecular flexibility index (Phi) is 4.26. The highest BCUT2D eigenvalue weighted by atomic mass is 16.5. The number of methoxy groups -OCH3 is 2. The quantitative estimate of drug-likeness (QED) is 0.672. The lowest BCUT2D eigenvalue weighted by molar-refractivity contribution is 0.146. The lowest BCUT2D eigenvalue weighted by atomic mass is 10.2. The van der Waals surface area contributed by atoms with E-state index in [0.29, 0.717) is 13.2 Å². The van der Waals surface area contributed by atoms with Gasteiger partial charge in [0.1, 0.15) is 18.1 Å². The molecule has 0 aromatic heterocycles. The monoisotopic (exact) mass is 195 g/mol. The summed E-state index contributed by atoms with van der Waals surface area (Å²) in [6, 6.07) is 5.54. The molecule has 0 unspecified atom stereocenters. The second kappa shape index (κ2) is 5.50. The van der Waals surface area contributed by atoms with E-state index in [-0.39, 0.29) is 0 Å². The highest BCUT2D eigenvalue weighted by molar-refractivity contribution is 5.42. The molecule has 1 aromatic carbocycles. The van der Waals surface area contributed by atoms with Crippen molar-refractivity contribution in [2.75, 3.05) is 27.4 Å². The average Bonchev–Trinajstić information content (AvgIpc) is 2.21. The highest BCUT2D eigenvalue weighted by Crippen LogP contribution is 2.23. The topological polar surface area (TPSA) is 27.7 Å². The van der Waals surface area contributed by atoms with Crippen LogP contribution in [-0.2, 0) is 4.74 Å². The van der Waals surface area contributed by atoms with E-state index in [4.69, 9.17) is 14.2 Å². The summed E-state index contributed by atoms with van der Waals surface area (Å²) in [5.41, 5.74) is 0.853. The van der Waals surface area contributed by atoms with Gasteiger partial charge in [-0.05, 0) is 18.6 Å². The van der Waals surface area contributed by atoms with Crippen LogP contribution in [0.4, 0.5) is 0 Å². The van der Waals surface area contributed by atoms with Gasteiger partial charge < -0.3 is 14.2 Å². The largest absolute Gasteiger partial charge is 0.496 e. The van der Waals surface area contributed by atoms with Crippen LogP contribution in [0.25, 0.3) is 0 Å². The Balaban J connectivity index is 2.60. The third-order valence-electron chi connectivity index (χ3n) is 1.81. The lowest BCUT2D eigenvalue weighted by Gasteiger charge is -2.08. The van der Waals surface area contributed by atoms with E-state index in [1.807, 2.05) is 18.2 Å². The number of ether oxygens (including phenoxy) is 3. The molecule has 14 heavy (non-hydrogen) atoms. The van der Waals surface area contributed by atoms with Gasteiger partial charge in [0.15, 0.2) is 0 Å². The van der Waals surface area contributed by atoms with Crippen LogP contribution >= 0.6 is 0 Å². The zero-order chi connectivity index (χ0) is 10.4. The molecule has 77 valence electrons. The smallest absolute Gasteiger partial charge is 0.125 e. The summed E-state index contributed by atoms with van der Waals surface area (Å²) in [6.45, 7) is 4.94. The molecule has 0 aliphatic rings. The number of benzene rings is 1. The molecule has 1 aromatic rings. The molecule has 0 N–H and O–H groups in total. The molecule has 0 fully saturated rings. The minimum absolute atomic E-state index is 0.538. The summed E-state index contributed by atoms with van der Waals surface area (Å²) in [5, 5.41) is 0. The summed E-state index contributed by atoms with van der Waals surface area (Å²) < 4.78 is 15.4. The maximum Gasteiger partial charge on any atom is 0.125 e. The normalized spacial score (nSPS) is 9.93. The predicted octanol–water partition coefficient (Wildman–Crippen LogP) is 1.90. The van der Waals surface area contributed by atoms with Crippen molar-refractivity contribution >= 4 is 0 Å². The van der Waals surface area contributed by atoms with Gasteiger partial charge in [-0.15, -0.1) is 0 Å². The van der Waals surface area contributed by atoms with Crippen molar-refractivity contribution in [3.05, 3.63) is 30.7 Å². The van der Waals surface area contributed by atoms with Crippen molar-refractivity contribution in [1.82, 2.24) is 0 Å². The van der Waals surface area contributed by atoms with Gasteiger partial charge in [0.05, 0.1) is 13.7 Å². The Morgan fingerprint density at radius 1 is 1.21 bits per heavy atom. The Bertz CT molecular complexity index is 284. The summed E-state index contributed by atoms with van der Waals surface area (Å²) in [5.74, 6) is 1.51. The molecule has 0 atom stereocenters. The van der Waals surface area contributed by atoms with Crippen LogP contribution in [0.5, 0.6) is 11.5 Å². The van der Waals surface area contributed by atoms with Crippen molar-refractivity contribution in [2.24, 2.45) is 0 Å². The molecule has 1 radical (unpaired) electrons. The molecule has 0 bridgehead atoms. The molecule has 3 heteroatoms. The Morgan fingerprint density at radius 3 is 2.64 bits per heavy atom. The molecule has 0 aliphatic carbocycles. The van der Waals surface area contributed by atoms with Crippen LogP contribution in [0.1, 0.15) is 5.56 Å². The van der Waals surface area contributed by atoms with Gasteiger partial charge in [0, 0.05) is 13.2 Å². The maximum absolute atomic E-state index is 5.41. The molecular formula is C11H15O3. The molecule has 1 rings (SSSR count). The van der Waals surface area contributed by atoms with Gasteiger partial charge in [-0.2, -0.15) is 0 Å². The number of hydrogen-bond acceptors (Lipinski definition) is 3. The third kappa shape index (κ3) is 2.92. The van der Waals surface area contributed by atoms with Crippen LogP contribution in [0.2, 0.25) is 0 Å². The Hall–Kier alpha value is -1.22. The second-order valence-electron chi connectivity index (χ2n) is 2.81. The van der Waals surface area contributed by atoms with Crippen molar-refractivity contribution in [3.8, 4) is 11.5 Å². The SMILES string of the molecule is [CH2]c1ccc(OCCOC)cc1OC. The van der Waals surface area contributed by atoms with Crippen LogP contribution in [0.15, 0.2) is 18.2 Å². The zero-order valence-corrected chi connectivity index (χ0v) is 8.58.